The summed E-state index contributed by atoms with van der Waals surface area (Å²) in [5.74, 6) is -0.152. The summed E-state index contributed by atoms with van der Waals surface area (Å²) in [6, 6.07) is 5.60. The Morgan fingerprint density at radius 1 is 1.37 bits per heavy atom. The molecule has 0 radical (unpaired) electrons. The van der Waals surface area contributed by atoms with E-state index in [0.29, 0.717) is 13.0 Å². The van der Waals surface area contributed by atoms with Gasteiger partial charge in [-0.3, -0.25) is 9.59 Å². The number of aliphatic carboxylic acids is 1. The van der Waals surface area contributed by atoms with Crippen molar-refractivity contribution in [3.63, 3.8) is 0 Å². The largest absolute Gasteiger partial charge is 0.496 e. The zero-order valence-electron chi connectivity index (χ0n) is 11.2. The molecule has 19 heavy (non-hydrogen) atoms. The third-order valence-electron chi connectivity index (χ3n) is 2.71. The van der Waals surface area contributed by atoms with Crippen LogP contribution in [0.2, 0.25) is 0 Å². The Labute approximate surface area is 112 Å². The Hall–Kier alpha value is -2.04. The van der Waals surface area contributed by atoms with Gasteiger partial charge in [-0.15, -0.1) is 0 Å². The minimum Gasteiger partial charge on any atom is -0.496 e. The molecule has 2 N–H and O–H groups in total. The molecule has 5 heteroatoms. The molecular formula is C14H19NO4. The average molecular weight is 265 g/mol. The Morgan fingerprint density at radius 3 is 2.68 bits per heavy atom. The fourth-order valence-corrected chi connectivity index (χ4v) is 1.77. The Kier molecular flexibility index (Phi) is 5.85. The van der Waals surface area contributed by atoms with Crippen molar-refractivity contribution in [3.05, 3.63) is 29.3 Å². The lowest BCUT2D eigenvalue weighted by atomic mass is 10.1. The summed E-state index contributed by atoms with van der Waals surface area (Å²) in [5, 5.41) is 11.2. The number of carboxylic acids is 1. The number of rotatable bonds is 7. The number of aryl methyl sites for hydroxylation is 1. The molecule has 104 valence electrons. The van der Waals surface area contributed by atoms with Crippen molar-refractivity contribution in [1.29, 1.82) is 0 Å². The van der Waals surface area contributed by atoms with Crippen molar-refractivity contribution < 1.29 is 19.4 Å². The first-order chi connectivity index (χ1) is 9.02. The van der Waals surface area contributed by atoms with E-state index >= 15 is 0 Å². The van der Waals surface area contributed by atoms with E-state index in [0.717, 1.165) is 16.9 Å². The van der Waals surface area contributed by atoms with Gasteiger partial charge in [0.25, 0.3) is 0 Å². The first kappa shape index (κ1) is 15.0. The predicted octanol–water partition coefficient (Wildman–Crippen LogP) is 1.53. The van der Waals surface area contributed by atoms with Gasteiger partial charge in [0.15, 0.2) is 0 Å². The Balaban J connectivity index is 2.40. The highest BCUT2D eigenvalue weighted by Gasteiger charge is 2.05. The lowest BCUT2D eigenvalue weighted by Crippen LogP contribution is -2.26. The molecule has 5 nitrogen and oxygen atoms in total. The van der Waals surface area contributed by atoms with Crippen LogP contribution < -0.4 is 10.1 Å². The van der Waals surface area contributed by atoms with Crippen molar-refractivity contribution in [2.24, 2.45) is 0 Å². The predicted molar refractivity (Wildman–Crippen MR) is 71.3 cm³/mol. The van der Waals surface area contributed by atoms with Gasteiger partial charge >= 0.3 is 5.97 Å². The maximum absolute atomic E-state index is 11.6. The molecule has 0 saturated heterocycles. The number of benzene rings is 1. The zero-order valence-corrected chi connectivity index (χ0v) is 11.2. The molecule has 1 aromatic rings. The summed E-state index contributed by atoms with van der Waals surface area (Å²) in [5.41, 5.74) is 1.90. The van der Waals surface area contributed by atoms with E-state index in [-0.39, 0.29) is 18.7 Å². The molecule has 0 bridgehead atoms. The quantitative estimate of drug-likeness (QED) is 0.733. The summed E-state index contributed by atoms with van der Waals surface area (Å²) < 4.78 is 5.15. The number of amides is 1. The topological polar surface area (TPSA) is 75.6 Å². The molecule has 0 unspecified atom stereocenters. The number of carbonyl (C=O) groups is 2. The molecule has 1 aromatic carbocycles. The molecule has 1 amide bonds. The van der Waals surface area contributed by atoms with Gasteiger partial charge in [-0.2, -0.15) is 0 Å². The van der Waals surface area contributed by atoms with E-state index in [2.05, 4.69) is 5.32 Å². The van der Waals surface area contributed by atoms with Crippen LogP contribution in [0.4, 0.5) is 0 Å². The molecule has 0 heterocycles. The van der Waals surface area contributed by atoms with Crippen LogP contribution in [-0.4, -0.2) is 30.6 Å². The van der Waals surface area contributed by atoms with Gasteiger partial charge in [-0.1, -0.05) is 12.1 Å². The highest BCUT2D eigenvalue weighted by atomic mass is 16.5. The summed E-state index contributed by atoms with van der Waals surface area (Å²) in [6.45, 7) is 2.31. The first-order valence-corrected chi connectivity index (χ1v) is 6.15. The second-order valence-electron chi connectivity index (χ2n) is 4.33. The van der Waals surface area contributed by atoms with Gasteiger partial charge in [-0.25, -0.2) is 0 Å². The number of hydrogen-bond acceptors (Lipinski definition) is 3. The molecule has 0 saturated carbocycles. The van der Waals surface area contributed by atoms with Gasteiger partial charge in [0.1, 0.15) is 5.75 Å². The first-order valence-electron chi connectivity index (χ1n) is 6.15. The number of methoxy groups -OCH3 is 1. The monoisotopic (exact) mass is 265 g/mol. The van der Waals surface area contributed by atoms with E-state index in [1.54, 1.807) is 7.11 Å². The van der Waals surface area contributed by atoms with Crippen LogP contribution in [0, 0.1) is 6.92 Å². The molecule has 0 aliphatic rings. The molecular weight excluding hydrogens is 246 g/mol. The van der Waals surface area contributed by atoms with Crippen LogP contribution in [0.15, 0.2) is 18.2 Å². The molecule has 0 aromatic heterocycles. The third kappa shape index (κ3) is 5.42. The van der Waals surface area contributed by atoms with Gasteiger partial charge in [0, 0.05) is 13.0 Å². The SMILES string of the molecule is COc1ccc(CC(=O)NCCCC(=O)O)cc1C. The number of hydrogen-bond donors (Lipinski definition) is 2. The van der Waals surface area contributed by atoms with Gasteiger partial charge in [0.2, 0.25) is 5.91 Å². The Morgan fingerprint density at radius 2 is 2.11 bits per heavy atom. The molecule has 0 aliphatic heterocycles. The van der Waals surface area contributed by atoms with Crippen molar-refractivity contribution in [3.8, 4) is 5.75 Å². The van der Waals surface area contributed by atoms with Crippen LogP contribution in [0.1, 0.15) is 24.0 Å². The van der Waals surface area contributed by atoms with Crippen LogP contribution in [0.5, 0.6) is 5.75 Å². The highest BCUT2D eigenvalue weighted by molar-refractivity contribution is 5.78. The summed E-state index contributed by atoms with van der Waals surface area (Å²) >= 11 is 0. The second kappa shape index (κ2) is 7.41. The minimum absolute atomic E-state index is 0.0714. The van der Waals surface area contributed by atoms with Crippen LogP contribution in [0.25, 0.3) is 0 Å². The van der Waals surface area contributed by atoms with Crippen molar-refractivity contribution in [2.45, 2.75) is 26.2 Å². The lowest BCUT2D eigenvalue weighted by molar-refractivity contribution is -0.137. The molecule has 0 atom stereocenters. The van der Waals surface area contributed by atoms with E-state index in [1.165, 1.54) is 0 Å². The fourth-order valence-electron chi connectivity index (χ4n) is 1.77. The van der Waals surface area contributed by atoms with Crippen LogP contribution >= 0.6 is 0 Å². The third-order valence-corrected chi connectivity index (χ3v) is 2.71. The molecule has 0 fully saturated rings. The van der Waals surface area contributed by atoms with Gasteiger partial charge < -0.3 is 15.2 Å². The fraction of sp³-hybridized carbons (Fsp3) is 0.429. The average Bonchev–Trinajstić information content (AvgIpc) is 2.35. The summed E-state index contributed by atoms with van der Waals surface area (Å²) in [6.07, 6.45) is 0.808. The number of carboxylic acid groups (broad SMARTS) is 1. The van der Waals surface area contributed by atoms with Gasteiger partial charge in [0.05, 0.1) is 13.5 Å². The number of nitrogens with one attached hydrogen (secondary N) is 1. The highest BCUT2D eigenvalue weighted by Crippen LogP contribution is 2.18. The smallest absolute Gasteiger partial charge is 0.303 e. The Bertz CT molecular complexity index is 457. The normalized spacial score (nSPS) is 10.0. The standard InChI is InChI=1S/C14H19NO4/c1-10-8-11(5-6-12(10)19-2)9-13(16)15-7-3-4-14(17)18/h5-6,8H,3-4,7,9H2,1-2H3,(H,15,16)(H,17,18). The van der Waals surface area contributed by atoms with E-state index in [9.17, 15) is 9.59 Å². The van der Waals surface area contributed by atoms with Crippen molar-refractivity contribution >= 4 is 11.9 Å². The van der Waals surface area contributed by atoms with Crippen molar-refractivity contribution in [2.75, 3.05) is 13.7 Å². The van der Waals surface area contributed by atoms with E-state index in [4.69, 9.17) is 9.84 Å². The number of carbonyl (C=O) groups excluding carboxylic acids is 1. The molecule has 0 spiro atoms. The van der Waals surface area contributed by atoms with Crippen LogP contribution in [-0.2, 0) is 16.0 Å². The van der Waals surface area contributed by atoms with E-state index in [1.807, 2.05) is 25.1 Å². The van der Waals surface area contributed by atoms with Gasteiger partial charge in [-0.05, 0) is 30.5 Å². The summed E-state index contributed by atoms with van der Waals surface area (Å²) in [7, 11) is 1.61. The number of ether oxygens (including phenoxy) is 1. The van der Waals surface area contributed by atoms with Crippen molar-refractivity contribution in [1.82, 2.24) is 5.32 Å². The minimum atomic E-state index is -0.847. The maximum atomic E-state index is 11.6. The maximum Gasteiger partial charge on any atom is 0.303 e. The van der Waals surface area contributed by atoms with E-state index < -0.39 is 5.97 Å². The van der Waals surface area contributed by atoms with Crippen LogP contribution in [0.3, 0.4) is 0 Å². The second-order valence-corrected chi connectivity index (χ2v) is 4.33. The summed E-state index contributed by atoms with van der Waals surface area (Å²) in [4.78, 5) is 21.9. The molecule has 1 rings (SSSR count). The lowest BCUT2D eigenvalue weighted by Gasteiger charge is -2.08. The zero-order chi connectivity index (χ0) is 14.3. The molecule has 0 aliphatic carbocycles.